The number of carbonyl (C=O) groups excluding carboxylic acids is 1. The number of benzene rings is 3. The lowest BCUT2D eigenvalue weighted by Crippen LogP contribution is -2.45. The number of rotatable bonds is 7. The predicted octanol–water partition coefficient (Wildman–Crippen LogP) is 4.48. The van der Waals surface area contributed by atoms with Crippen molar-refractivity contribution in [3.8, 4) is 0 Å². The van der Waals surface area contributed by atoms with Gasteiger partial charge in [0.05, 0.1) is 18.1 Å². The number of fused-ring (bicyclic) bond motifs is 1. The van der Waals surface area contributed by atoms with E-state index in [4.69, 9.17) is 0 Å². The molecule has 3 aromatic carbocycles. The molecule has 2 heterocycles. The number of hydrogen-bond acceptors (Lipinski definition) is 3. The highest BCUT2D eigenvalue weighted by Crippen LogP contribution is 2.22. The van der Waals surface area contributed by atoms with Gasteiger partial charge in [-0.15, -0.1) is 0 Å². The molecule has 5 rings (SSSR count). The van der Waals surface area contributed by atoms with Crippen molar-refractivity contribution in [1.29, 1.82) is 0 Å². The number of hydrogen-bond donors (Lipinski definition) is 1. The molecule has 1 atom stereocenters. The maximum absolute atomic E-state index is 13.7. The van der Waals surface area contributed by atoms with Crippen molar-refractivity contribution in [2.75, 3.05) is 0 Å². The van der Waals surface area contributed by atoms with E-state index in [9.17, 15) is 4.79 Å². The number of amides is 1. The van der Waals surface area contributed by atoms with Gasteiger partial charge in [-0.25, -0.2) is 4.98 Å². The maximum atomic E-state index is 13.7. The van der Waals surface area contributed by atoms with E-state index in [2.05, 4.69) is 82.5 Å². The van der Waals surface area contributed by atoms with E-state index in [1.54, 1.807) is 0 Å². The molecular weight excluding hydrogens is 420 g/mol. The molecule has 5 nitrogen and oxygen atoms in total. The standard InChI is InChI=1S/C29H30N4O/c1-22-9-5-6-13-25(22)19-32-20-26-14-8-7-12-24(26)15-28(29(32)34)31-17-27-16-30-21-33(27)18-23-10-3-2-4-11-23/h2-14,16,21,28,31H,15,17-20H2,1H3/t28-/m0/s1. The van der Waals surface area contributed by atoms with Crippen LogP contribution in [0.15, 0.2) is 91.4 Å². The number of nitrogens with zero attached hydrogens (tertiary/aromatic N) is 3. The van der Waals surface area contributed by atoms with Gasteiger partial charge in [0.1, 0.15) is 0 Å². The molecule has 0 aliphatic carbocycles. The van der Waals surface area contributed by atoms with Crippen LogP contribution >= 0.6 is 0 Å². The molecule has 1 aliphatic rings. The highest BCUT2D eigenvalue weighted by Gasteiger charge is 2.29. The average molecular weight is 451 g/mol. The van der Waals surface area contributed by atoms with E-state index in [1.165, 1.54) is 27.8 Å². The Morgan fingerprint density at radius 2 is 1.65 bits per heavy atom. The molecule has 0 radical (unpaired) electrons. The number of carbonyl (C=O) groups is 1. The van der Waals surface area contributed by atoms with Crippen LogP contribution in [0.1, 0.15) is 33.5 Å². The quantitative estimate of drug-likeness (QED) is 0.452. The van der Waals surface area contributed by atoms with Gasteiger partial charge in [0.2, 0.25) is 5.91 Å². The summed E-state index contributed by atoms with van der Waals surface area (Å²) in [5.74, 6) is 0.147. The van der Waals surface area contributed by atoms with Crippen LogP contribution in [0.25, 0.3) is 0 Å². The van der Waals surface area contributed by atoms with Gasteiger partial charge in [-0.3, -0.25) is 10.1 Å². The molecule has 0 saturated heterocycles. The molecule has 0 bridgehead atoms. The van der Waals surface area contributed by atoms with Crippen molar-refractivity contribution in [3.63, 3.8) is 0 Å². The Hall–Kier alpha value is -3.70. The molecule has 1 aliphatic heterocycles. The normalized spacial score (nSPS) is 15.7. The van der Waals surface area contributed by atoms with Crippen LogP contribution in [0.4, 0.5) is 0 Å². The Labute approximate surface area is 201 Å². The molecule has 0 saturated carbocycles. The highest BCUT2D eigenvalue weighted by molar-refractivity contribution is 5.83. The summed E-state index contributed by atoms with van der Waals surface area (Å²) in [6.07, 6.45) is 4.43. The van der Waals surface area contributed by atoms with Crippen molar-refractivity contribution in [2.45, 2.75) is 45.6 Å². The SMILES string of the molecule is Cc1ccccc1CN1Cc2ccccc2C[C@H](NCc2cncn2Cc2ccccc2)C1=O. The zero-order chi connectivity index (χ0) is 23.3. The van der Waals surface area contributed by atoms with Crippen LogP contribution < -0.4 is 5.32 Å². The molecule has 0 spiro atoms. The molecule has 1 N–H and O–H groups in total. The van der Waals surface area contributed by atoms with Crippen molar-refractivity contribution >= 4 is 5.91 Å². The first-order chi connectivity index (χ1) is 16.7. The second-order valence-electron chi connectivity index (χ2n) is 9.03. The molecule has 4 aromatic rings. The van der Waals surface area contributed by atoms with E-state index < -0.39 is 0 Å². The Morgan fingerprint density at radius 3 is 2.47 bits per heavy atom. The van der Waals surface area contributed by atoms with E-state index in [0.29, 0.717) is 26.1 Å². The largest absolute Gasteiger partial charge is 0.333 e. The first-order valence-corrected chi connectivity index (χ1v) is 11.8. The zero-order valence-corrected chi connectivity index (χ0v) is 19.5. The highest BCUT2D eigenvalue weighted by atomic mass is 16.2. The molecule has 5 heteroatoms. The minimum Gasteiger partial charge on any atom is -0.333 e. The van der Waals surface area contributed by atoms with Gasteiger partial charge in [0.25, 0.3) is 0 Å². The molecule has 0 unspecified atom stereocenters. The fourth-order valence-electron chi connectivity index (χ4n) is 4.65. The van der Waals surface area contributed by atoms with Crippen LogP contribution in [0, 0.1) is 6.92 Å². The molecule has 0 fully saturated rings. The lowest BCUT2D eigenvalue weighted by molar-refractivity contribution is -0.134. The molecular formula is C29H30N4O. The predicted molar refractivity (Wildman–Crippen MR) is 134 cm³/mol. The monoisotopic (exact) mass is 450 g/mol. The molecule has 1 aromatic heterocycles. The smallest absolute Gasteiger partial charge is 0.240 e. The first-order valence-electron chi connectivity index (χ1n) is 11.8. The van der Waals surface area contributed by atoms with Crippen LogP contribution in [-0.2, 0) is 37.4 Å². The average Bonchev–Trinajstić information content (AvgIpc) is 3.25. The zero-order valence-electron chi connectivity index (χ0n) is 19.5. The van der Waals surface area contributed by atoms with Crippen molar-refractivity contribution < 1.29 is 4.79 Å². The third kappa shape index (κ3) is 4.95. The van der Waals surface area contributed by atoms with Crippen LogP contribution in [-0.4, -0.2) is 26.4 Å². The van der Waals surface area contributed by atoms with Gasteiger partial charge in [0.15, 0.2) is 0 Å². The fraction of sp³-hybridized carbons (Fsp3) is 0.241. The summed E-state index contributed by atoms with van der Waals surface area (Å²) in [6.45, 7) is 4.70. The number of aromatic nitrogens is 2. The van der Waals surface area contributed by atoms with Crippen molar-refractivity contribution in [3.05, 3.63) is 125 Å². The minimum atomic E-state index is -0.284. The van der Waals surface area contributed by atoms with Crippen LogP contribution in [0.5, 0.6) is 0 Å². The van der Waals surface area contributed by atoms with E-state index >= 15 is 0 Å². The van der Waals surface area contributed by atoms with Crippen LogP contribution in [0.3, 0.4) is 0 Å². The number of imidazole rings is 1. The Morgan fingerprint density at radius 1 is 0.912 bits per heavy atom. The third-order valence-corrected chi connectivity index (χ3v) is 6.66. The van der Waals surface area contributed by atoms with Gasteiger partial charge >= 0.3 is 0 Å². The Balaban J connectivity index is 1.35. The summed E-state index contributed by atoms with van der Waals surface area (Å²) in [6, 6.07) is 26.8. The summed E-state index contributed by atoms with van der Waals surface area (Å²) in [5.41, 5.74) is 7.16. The molecule has 172 valence electrons. The second kappa shape index (κ2) is 10.1. The van der Waals surface area contributed by atoms with Gasteiger partial charge in [0, 0.05) is 32.4 Å². The first kappa shape index (κ1) is 22.1. The summed E-state index contributed by atoms with van der Waals surface area (Å²) >= 11 is 0. The van der Waals surface area contributed by atoms with Gasteiger partial charge in [-0.05, 0) is 41.2 Å². The summed E-state index contributed by atoms with van der Waals surface area (Å²) in [5, 5.41) is 3.56. The van der Waals surface area contributed by atoms with Crippen molar-refractivity contribution in [1.82, 2.24) is 19.8 Å². The van der Waals surface area contributed by atoms with E-state index in [1.807, 2.05) is 35.6 Å². The van der Waals surface area contributed by atoms with Crippen molar-refractivity contribution in [2.24, 2.45) is 0 Å². The summed E-state index contributed by atoms with van der Waals surface area (Å²) < 4.78 is 2.14. The van der Waals surface area contributed by atoms with E-state index in [-0.39, 0.29) is 11.9 Å². The Kier molecular flexibility index (Phi) is 6.54. The second-order valence-corrected chi connectivity index (χ2v) is 9.03. The lowest BCUT2D eigenvalue weighted by atomic mass is 10.0. The topological polar surface area (TPSA) is 50.2 Å². The van der Waals surface area contributed by atoms with Crippen LogP contribution in [0.2, 0.25) is 0 Å². The summed E-state index contributed by atoms with van der Waals surface area (Å²) in [7, 11) is 0. The molecule has 1 amide bonds. The molecule has 34 heavy (non-hydrogen) atoms. The van der Waals surface area contributed by atoms with E-state index in [0.717, 1.165) is 12.2 Å². The number of aryl methyl sites for hydroxylation is 1. The van der Waals surface area contributed by atoms with Gasteiger partial charge in [-0.2, -0.15) is 0 Å². The fourth-order valence-corrected chi connectivity index (χ4v) is 4.65. The number of nitrogens with one attached hydrogen (secondary N) is 1. The maximum Gasteiger partial charge on any atom is 0.240 e. The van der Waals surface area contributed by atoms with Gasteiger partial charge < -0.3 is 9.47 Å². The minimum absolute atomic E-state index is 0.147. The third-order valence-electron chi connectivity index (χ3n) is 6.66. The Bertz CT molecular complexity index is 1260. The lowest BCUT2D eigenvalue weighted by Gasteiger charge is -2.26. The van der Waals surface area contributed by atoms with Gasteiger partial charge in [-0.1, -0.05) is 78.9 Å². The summed E-state index contributed by atoms with van der Waals surface area (Å²) in [4.78, 5) is 20.1.